The van der Waals surface area contributed by atoms with E-state index in [2.05, 4.69) is 10.5 Å². The SMILES string of the molecule is Cc1ccc(C(=O)NC(C(N)=NO)C2CC2)c(C)c1. The van der Waals surface area contributed by atoms with Crippen LogP contribution < -0.4 is 11.1 Å². The molecule has 1 aliphatic rings. The van der Waals surface area contributed by atoms with Crippen LogP contribution in [-0.4, -0.2) is 23.0 Å². The van der Waals surface area contributed by atoms with Crippen LogP contribution in [0.5, 0.6) is 0 Å². The first kappa shape index (κ1) is 13.4. The van der Waals surface area contributed by atoms with Gasteiger partial charge in [-0.3, -0.25) is 4.79 Å². The van der Waals surface area contributed by atoms with Crippen LogP contribution in [0.1, 0.15) is 34.3 Å². The van der Waals surface area contributed by atoms with Crippen molar-refractivity contribution in [2.45, 2.75) is 32.7 Å². The van der Waals surface area contributed by atoms with Crippen molar-refractivity contribution in [3.8, 4) is 0 Å². The Balaban J connectivity index is 2.15. The smallest absolute Gasteiger partial charge is 0.252 e. The molecule has 5 nitrogen and oxygen atoms in total. The second-order valence-corrected chi connectivity index (χ2v) is 5.13. The zero-order valence-corrected chi connectivity index (χ0v) is 11.2. The molecule has 0 saturated heterocycles. The second-order valence-electron chi connectivity index (χ2n) is 5.13. The number of carbonyl (C=O) groups excluding carboxylic acids is 1. The summed E-state index contributed by atoms with van der Waals surface area (Å²) in [5, 5.41) is 14.6. The van der Waals surface area contributed by atoms with Gasteiger partial charge in [0.2, 0.25) is 0 Å². The van der Waals surface area contributed by atoms with Crippen molar-refractivity contribution in [2.75, 3.05) is 0 Å². The van der Waals surface area contributed by atoms with E-state index in [1.165, 1.54) is 0 Å². The highest BCUT2D eigenvalue weighted by Crippen LogP contribution is 2.32. The maximum absolute atomic E-state index is 12.2. The molecule has 0 aliphatic heterocycles. The van der Waals surface area contributed by atoms with Gasteiger partial charge in [-0.15, -0.1) is 0 Å². The average molecular weight is 261 g/mol. The van der Waals surface area contributed by atoms with Crippen LogP contribution in [0.3, 0.4) is 0 Å². The minimum atomic E-state index is -0.377. The summed E-state index contributed by atoms with van der Waals surface area (Å²) in [5.41, 5.74) is 8.30. The Bertz CT molecular complexity index is 521. The molecule has 1 fully saturated rings. The van der Waals surface area contributed by atoms with Crippen LogP contribution in [0, 0.1) is 19.8 Å². The third kappa shape index (κ3) is 3.05. The van der Waals surface area contributed by atoms with Crippen molar-refractivity contribution < 1.29 is 10.0 Å². The predicted octanol–water partition coefficient (Wildman–Crippen LogP) is 1.56. The van der Waals surface area contributed by atoms with Gasteiger partial charge in [0.15, 0.2) is 5.84 Å². The van der Waals surface area contributed by atoms with Crippen LogP contribution in [0.2, 0.25) is 0 Å². The zero-order chi connectivity index (χ0) is 14.0. The summed E-state index contributed by atoms with van der Waals surface area (Å²) in [6, 6.07) is 5.29. The molecule has 0 radical (unpaired) electrons. The molecule has 102 valence electrons. The average Bonchev–Trinajstić information content (AvgIpc) is 3.19. The van der Waals surface area contributed by atoms with E-state index in [0.29, 0.717) is 5.56 Å². The van der Waals surface area contributed by atoms with Crippen LogP contribution in [0.4, 0.5) is 0 Å². The molecule has 0 aromatic heterocycles. The van der Waals surface area contributed by atoms with E-state index < -0.39 is 0 Å². The number of benzene rings is 1. The Labute approximate surface area is 112 Å². The summed E-state index contributed by atoms with van der Waals surface area (Å²) < 4.78 is 0. The molecule has 1 aromatic carbocycles. The molecule has 0 spiro atoms. The largest absolute Gasteiger partial charge is 0.409 e. The fourth-order valence-electron chi connectivity index (χ4n) is 2.21. The number of rotatable bonds is 4. The number of hydrogen-bond acceptors (Lipinski definition) is 3. The van der Waals surface area contributed by atoms with Crippen molar-refractivity contribution in [3.63, 3.8) is 0 Å². The summed E-state index contributed by atoms with van der Waals surface area (Å²) in [6.07, 6.45) is 1.99. The standard InChI is InChI=1S/C14H19N3O2/c1-8-3-6-11(9(2)7-8)14(18)16-12(10-4-5-10)13(15)17-19/h3,6-7,10,12,19H,4-5H2,1-2H3,(H2,15,17)(H,16,18). The van der Waals surface area contributed by atoms with Gasteiger partial charge in [0, 0.05) is 5.56 Å². The Morgan fingerprint density at radius 1 is 1.47 bits per heavy atom. The summed E-state index contributed by atoms with van der Waals surface area (Å²) in [6.45, 7) is 3.88. The Morgan fingerprint density at radius 2 is 2.16 bits per heavy atom. The highest BCUT2D eigenvalue weighted by Gasteiger charge is 2.35. The molecule has 1 saturated carbocycles. The lowest BCUT2D eigenvalue weighted by Gasteiger charge is -2.17. The number of nitrogens with one attached hydrogen (secondary N) is 1. The minimum Gasteiger partial charge on any atom is -0.409 e. The number of carbonyl (C=O) groups is 1. The molecule has 19 heavy (non-hydrogen) atoms. The van der Waals surface area contributed by atoms with Gasteiger partial charge < -0.3 is 16.3 Å². The van der Waals surface area contributed by atoms with Crippen molar-refractivity contribution in [3.05, 3.63) is 34.9 Å². The maximum Gasteiger partial charge on any atom is 0.252 e. The lowest BCUT2D eigenvalue weighted by atomic mass is 10.0. The van der Waals surface area contributed by atoms with E-state index in [9.17, 15) is 4.79 Å². The number of oxime groups is 1. The molecule has 0 heterocycles. The lowest BCUT2D eigenvalue weighted by Crippen LogP contribution is -2.46. The van der Waals surface area contributed by atoms with Crippen molar-refractivity contribution >= 4 is 11.7 Å². The maximum atomic E-state index is 12.2. The number of aryl methyl sites for hydroxylation is 2. The van der Waals surface area contributed by atoms with Gasteiger partial charge in [0.1, 0.15) is 0 Å². The second kappa shape index (κ2) is 5.30. The van der Waals surface area contributed by atoms with Crippen LogP contribution in [0.15, 0.2) is 23.4 Å². The van der Waals surface area contributed by atoms with E-state index >= 15 is 0 Å². The highest BCUT2D eigenvalue weighted by molar-refractivity contribution is 5.99. The van der Waals surface area contributed by atoms with E-state index in [4.69, 9.17) is 10.9 Å². The first-order valence-electron chi connectivity index (χ1n) is 6.38. The van der Waals surface area contributed by atoms with Crippen LogP contribution in [0.25, 0.3) is 0 Å². The predicted molar refractivity (Wildman–Crippen MR) is 73.3 cm³/mol. The highest BCUT2D eigenvalue weighted by atomic mass is 16.4. The first-order chi connectivity index (χ1) is 9.02. The number of nitrogens with two attached hydrogens (primary N) is 1. The van der Waals surface area contributed by atoms with E-state index in [1.807, 2.05) is 26.0 Å². The van der Waals surface area contributed by atoms with Gasteiger partial charge in [-0.2, -0.15) is 0 Å². The number of nitrogens with zero attached hydrogens (tertiary/aromatic N) is 1. The third-order valence-electron chi connectivity index (χ3n) is 3.44. The molecule has 2 rings (SSSR count). The van der Waals surface area contributed by atoms with Gasteiger partial charge in [0.05, 0.1) is 6.04 Å². The van der Waals surface area contributed by atoms with Gasteiger partial charge in [0.25, 0.3) is 5.91 Å². The number of amides is 1. The minimum absolute atomic E-state index is 0.0700. The number of amidine groups is 1. The summed E-state index contributed by atoms with van der Waals surface area (Å²) in [4.78, 5) is 12.2. The van der Waals surface area contributed by atoms with Gasteiger partial charge in [-0.1, -0.05) is 22.9 Å². The molecular formula is C14H19N3O2. The summed E-state index contributed by atoms with van der Waals surface area (Å²) >= 11 is 0. The third-order valence-corrected chi connectivity index (χ3v) is 3.44. The summed E-state index contributed by atoms with van der Waals surface area (Å²) in [7, 11) is 0. The quantitative estimate of drug-likeness (QED) is 0.332. The van der Waals surface area contributed by atoms with E-state index in [0.717, 1.165) is 24.0 Å². The molecule has 5 heteroatoms. The Morgan fingerprint density at radius 3 is 2.68 bits per heavy atom. The summed E-state index contributed by atoms with van der Waals surface area (Å²) in [5.74, 6) is 0.173. The Kier molecular flexibility index (Phi) is 3.74. The van der Waals surface area contributed by atoms with Gasteiger partial charge in [-0.05, 0) is 44.2 Å². The molecule has 1 atom stereocenters. The molecule has 0 bridgehead atoms. The molecule has 1 aromatic rings. The van der Waals surface area contributed by atoms with Crippen LogP contribution in [-0.2, 0) is 0 Å². The van der Waals surface area contributed by atoms with Crippen molar-refractivity contribution in [2.24, 2.45) is 16.8 Å². The molecule has 1 aliphatic carbocycles. The molecular weight excluding hydrogens is 242 g/mol. The fourth-order valence-corrected chi connectivity index (χ4v) is 2.21. The lowest BCUT2D eigenvalue weighted by molar-refractivity contribution is 0.0942. The van der Waals surface area contributed by atoms with Crippen molar-refractivity contribution in [1.29, 1.82) is 0 Å². The first-order valence-corrected chi connectivity index (χ1v) is 6.38. The van der Waals surface area contributed by atoms with E-state index in [1.54, 1.807) is 6.07 Å². The van der Waals surface area contributed by atoms with E-state index in [-0.39, 0.29) is 23.7 Å². The van der Waals surface area contributed by atoms with Gasteiger partial charge >= 0.3 is 0 Å². The number of hydrogen-bond donors (Lipinski definition) is 3. The van der Waals surface area contributed by atoms with Crippen LogP contribution >= 0.6 is 0 Å². The molecule has 1 amide bonds. The monoisotopic (exact) mass is 261 g/mol. The molecule has 1 unspecified atom stereocenters. The molecule has 4 N–H and O–H groups in total. The normalized spacial score (nSPS) is 17.1. The van der Waals surface area contributed by atoms with Crippen molar-refractivity contribution in [1.82, 2.24) is 5.32 Å². The topological polar surface area (TPSA) is 87.7 Å². The fraction of sp³-hybridized carbons (Fsp3) is 0.429. The Hall–Kier alpha value is -2.04. The zero-order valence-electron chi connectivity index (χ0n) is 11.2. The van der Waals surface area contributed by atoms with Gasteiger partial charge in [-0.25, -0.2) is 0 Å².